The Morgan fingerprint density at radius 2 is 1.82 bits per heavy atom. The Bertz CT molecular complexity index is 1890. The summed E-state index contributed by atoms with van der Waals surface area (Å²) in [5.41, 5.74) is 4.41. The molecular formula is C34H34FN5O5. The number of oxazole rings is 1. The molecule has 5 heterocycles. The van der Waals surface area contributed by atoms with Crippen LogP contribution in [0.2, 0.25) is 0 Å². The number of hydrogen-bond acceptors (Lipinski definition) is 8. The summed E-state index contributed by atoms with van der Waals surface area (Å²) in [6.45, 7) is 3.92. The standard InChI is InChI=1S/C34H34FN5O5/c35-25-16-28-30(45-33(38-28)21-4-5-21)15-23(25)19-44-32-3-1-2-26(37-32)20-8-11-39(12-9-20)18-31-36-27-7-6-22(34(41)42)14-29(27)40(31)17-24-10-13-43-24/h1-3,6-7,14-16,20-21,24H,4-5,8-13,17-19H2,(H,41,42)/t24-/m0/s1. The van der Waals surface area contributed by atoms with Crippen molar-refractivity contribution in [1.82, 2.24) is 24.4 Å². The molecule has 3 aromatic heterocycles. The molecule has 2 aromatic carbocycles. The molecule has 0 radical (unpaired) electrons. The molecule has 0 bridgehead atoms. The number of imidazole rings is 1. The first-order valence-electron chi connectivity index (χ1n) is 15.7. The zero-order chi connectivity index (χ0) is 30.5. The number of fused-ring (bicyclic) bond motifs is 2. The van der Waals surface area contributed by atoms with Gasteiger partial charge >= 0.3 is 5.97 Å². The molecule has 2 saturated heterocycles. The highest BCUT2D eigenvalue weighted by atomic mass is 19.1. The molecule has 0 unspecified atom stereocenters. The first-order valence-corrected chi connectivity index (χ1v) is 15.7. The Morgan fingerprint density at radius 1 is 0.978 bits per heavy atom. The highest BCUT2D eigenvalue weighted by Gasteiger charge is 2.29. The first-order chi connectivity index (χ1) is 22.0. The third-order valence-corrected chi connectivity index (χ3v) is 9.25. The normalized spacial score (nSPS) is 19.3. The van der Waals surface area contributed by atoms with Crippen molar-refractivity contribution >= 4 is 28.1 Å². The smallest absolute Gasteiger partial charge is 0.335 e. The van der Waals surface area contributed by atoms with E-state index in [1.54, 1.807) is 30.3 Å². The average Bonchev–Trinajstić information content (AvgIpc) is 3.71. The summed E-state index contributed by atoms with van der Waals surface area (Å²) in [6.07, 6.45) is 5.13. The van der Waals surface area contributed by atoms with E-state index in [9.17, 15) is 14.3 Å². The van der Waals surface area contributed by atoms with E-state index in [1.807, 2.05) is 12.1 Å². The van der Waals surface area contributed by atoms with Crippen LogP contribution in [0.3, 0.4) is 0 Å². The van der Waals surface area contributed by atoms with Gasteiger partial charge in [-0.3, -0.25) is 4.90 Å². The summed E-state index contributed by atoms with van der Waals surface area (Å²) in [5, 5.41) is 9.53. The summed E-state index contributed by atoms with van der Waals surface area (Å²) in [6, 6.07) is 14.0. The number of benzene rings is 2. The lowest BCUT2D eigenvalue weighted by molar-refractivity contribution is -0.0592. The van der Waals surface area contributed by atoms with Crippen molar-refractivity contribution in [2.24, 2.45) is 0 Å². The molecule has 232 valence electrons. The second kappa shape index (κ2) is 11.5. The number of piperidine rings is 1. The van der Waals surface area contributed by atoms with E-state index < -0.39 is 5.97 Å². The van der Waals surface area contributed by atoms with E-state index in [0.29, 0.717) is 47.4 Å². The quantitative estimate of drug-likeness (QED) is 0.202. The molecule has 1 N–H and O–H groups in total. The Balaban J connectivity index is 0.918. The van der Waals surface area contributed by atoms with Crippen LogP contribution in [-0.4, -0.2) is 61.3 Å². The van der Waals surface area contributed by atoms with Crippen LogP contribution in [0.4, 0.5) is 4.39 Å². The molecule has 2 aliphatic heterocycles. The average molecular weight is 612 g/mol. The summed E-state index contributed by atoms with van der Waals surface area (Å²) in [4.78, 5) is 28.1. The molecule has 5 aromatic rings. The van der Waals surface area contributed by atoms with Crippen LogP contribution in [0.1, 0.15) is 77.3 Å². The van der Waals surface area contributed by atoms with E-state index in [0.717, 1.165) is 74.4 Å². The zero-order valence-electron chi connectivity index (χ0n) is 24.8. The van der Waals surface area contributed by atoms with Gasteiger partial charge in [0.25, 0.3) is 0 Å². The number of carboxylic acid groups (broad SMARTS) is 1. The van der Waals surface area contributed by atoms with Gasteiger partial charge < -0.3 is 23.6 Å². The lowest BCUT2D eigenvalue weighted by Gasteiger charge is -2.32. The van der Waals surface area contributed by atoms with Crippen molar-refractivity contribution in [3.8, 4) is 5.88 Å². The van der Waals surface area contributed by atoms with E-state index in [-0.39, 0.29) is 30.0 Å². The maximum Gasteiger partial charge on any atom is 0.335 e. The van der Waals surface area contributed by atoms with Crippen molar-refractivity contribution in [1.29, 1.82) is 0 Å². The van der Waals surface area contributed by atoms with Gasteiger partial charge in [0.15, 0.2) is 11.5 Å². The van der Waals surface area contributed by atoms with Crippen LogP contribution in [0.25, 0.3) is 22.1 Å². The molecule has 1 saturated carbocycles. The number of carboxylic acids is 1. The van der Waals surface area contributed by atoms with Crippen molar-refractivity contribution in [2.75, 3.05) is 19.7 Å². The monoisotopic (exact) mass is 611 g/mol. The molecule has 45 heavy (non-hydrogen) atoms. The maximum atomic E-state index is 14.8. The molecule has 0 spiro atoms. The first kappa shape index (κ1) is 28.1. The van der Waals surface area contributed by atoms with Crippen LogP contribution >= 0.6 is 0 Å². The summed E-state index contributed by atoms with van der Waals surface area (Å²) in [5.74, 6) is 1.43. The Labute approximate surface area is 258 Å². The third-order valence-electron chi connectivity index (χ3n) is 9.25. The predicted octanol–water partition coefficient (Wildman–Crippen LogP) is 6.03. The molecule has 1 atom stereocenters. The van der Waals surface area contributed by atoms with Gasteiger partial charge in [-0.1, -0.05) is 6.07 Å². The Morgan fingerprint density at radius 3 is 2.58 bits per heavy atom. The molecule has 3 fully saturated rings. The number of halogens is 1. The summed E-state index contributed by atoms with van der Waals surface area (Å²) >= 11 is 0. The van der Waals surface area contributed by atoms with E-state index >= 15 is 0 Å². The third kappa shape index (κ3) is 5.78. The highest BCUT2D eigenvalue weighted by Crippen LogP contribution is 2.41. The molecule has 3 aliphatic rings. The number of aromatic carboxylic acids is 1. The predicted molar refractivity (Wildman–Crippen MR) is 163 cm³/mol. The Kier molecular flexibility index (Phi) is 7.22. The van der Waals surface area contributed by atoms with E-state index in [2.05, 4.69) is 14.5 Å². The zero-order valence-corrected chi connectivity index (χ0v) is 24.8. The topological polar surface area (TPSA) is 116 Å². The van der Waals surface area contributed by atoms with E-state index in [4.69, 9.17) is 23.9 Å². The van der Waals surface area contributed by atoms with Crippen molar-refractivity contribution < 1.29 is 28.2 Å². The minimum atomic E-state index is -0.946. The molecule has 0 amide bonds. The second-order valence-corrected chi connectivity index (χ2v) is 12.4. The van der Waals surface area contributed by atoms with Crippen LogP contribution in [-0.2, 0) is 24.4 Å². The van der Waals surface area contributed by atoms with Crippen molar-refractivity contribution in [3.63, 3.8) is 0 Å². The largest absolute Gasteiger partial charge is 0.478 e. The molecule has 1 aliphatic carbocycles. The van der Waals surface area contributed by atoms with Crippen LogP contribution < -0.4 is 4.74 Å². The molecule has 11 heteroatoms. The van der Waals surface area contributed by atoms with Gasteiger partial charge in [0.1, 0.15) is 23.8 Å². The number of pyridine rings is 1. The van der Waals surface area contributed by atoms with Gasteiger partial charge in [0.2, 0.25) is 5.88 Å². The number of hydrogen-bond donors (Lipinski definition) is 1. The fourth-order valence-corrected chi connectivity index (χ4v) is 6.36. The van der Waals surface area contributed by atoms with Gasteiger partial charge in [0.05, 0.1) is 35.8 Å². The van der Waals surface area contributed by atoms with Gasteiger partial charge in [0, 0.05) is 41.8 Å². The van der Waals surface area contributed by atoms with Gasteiger partial charge in [-0.2, -0.15) is 0 Å². The lowest BCUT2D eigenvalue weighted by atomic mass is 9.93. The second-order valence-electron chi connectivity index (χ2n) is 12.4. The van der Waals surface area contributed by atoms with E-state index in [1.165, 1.54) is 6.07 Å². The number of aromatic nitrogens is 4. The summed E-state index contributed by atoms with van der Waals surface area (Å²) < 4.78 is 34.5. The minimum Gasteiger partial charge on any atom is -0.478 e. The van der Waals surface area contributed by atoms with Crippen LogP contribution in [0.15, 0.2) is 52.9 Å². The highest BCUT2D eigenvalue weighted by molar-refractivity contribution is 5.92. The molecule has 8 rings (SSSR count). The van der Waals surface area contributed by atoms with Gasteiger partial charge in [-0.15, -0.1) is 0 Å². The number of nitrogens with zero attached hydrogens (tertiary/aromatic N) is 5. The fourth-order valence-electron chi connectivity index (χ4n) is 6.36. The SMILES string of the molecule is O=C(O)c1ccc2nc(CN3CCC(c4cccc(OCc5cc6oc(C7CC7)nc6cc5F)n4)CC3)n(C[C@@H]3CCO3)c2c1. The van der Waals surface area contributed by atoms with Crippen molar-refractivity contribution in [3.05, 3.63) is 82.9 Å². The maximum absolute atomic E-state index is 14.8. The Hall–Kier alpha value is -4.35. The molecule has 10 nitrogen and oxygen atoms in total. The number of ether oxygens (including phenoxy) is 2. The summed E-state index contributed by atoms with van der Waals surface area (Å²) in [7, 11) is 0. The van der Waals surface area contributed by atoms with Crippen LogP contribution in [0, 0.1) is 5.82 Å². The lowest BCUT2D eigenvalue weighted by Crippen LogP contribution is -2.35. The minimum absolute atomic E-state index is 0.0526. The van der Waals surface area contributed by atoms with Crippen molar-refractivity contribution in [2.45, 2.75) is 69.7 Å². The van der Waals surface area contributed by atoms with Gasteiger partial charge in [-0.05, 0) is 75.5 Å². The number of rotatable bonds is 10. The number of carbonyl (C=O) groups is 1. The van der Waals surface area contributed by atoms with Crippen LogP contribution in [0.5, 0.6) is 5.88 Å². The molecular weight excluding hydrogens is 577 g/mol. The fraction of sp³-hybridized carbons (Fsp3) is 0.412. The number of likely N-dealkylation sites (tertiary alicyclic amines) is 1. The van der Waals surface area contributed by atoms with Gasteiger partial charge in [-0.25, -0.2) is 24.1 Å².